The van der Waals surface area contributed by atoms with Gasteiger partial charge in [0, 0.05) is 38.9 Å². The summed E-state index contributed by atoms with van der Waals surface area (Å²) in [7, 11) is 3.46. The molecule has 1 amide bonds. The zero-order chi connectivity index (χ0) is 36.1. The smallest absolute Gasteiger partial charge is 0.303 e. The van der Waals surface area contributed by atoms with Crippen LogP contribution in [-0.2, 0) is 25.7 Å². The number of aryl methyl sites for hydroxylation is 1. The van der Waals surface area contributed by atoms with E-state index in [9.17, 15) is 19.5 Å². The Hall–Kier alpha value is -2.99. The molecule has 1 aromatic heterocycles. The van der Waals surface area contributed by atoms with E-state index in [4.69, 9.17) is 9.90 Å². The molecule has 2 heterocycles. The Morgan fingerprint density at radius 2 is 1.60 bits per heavy atom. The number of amides is 1. The largest absolute Gasteiger partial charge is 0.481 e. The summed E-state index contributed by atoms with van der Waals surface area (Å²) < 4.78 is 0. The molecular formula is C36H62N4O6S. The summed E-state index contributed by atoms with van der Waals surface area (Å²) in [6, 6.07) is 8.64. The van der Waals surface area contributed by atoms with Crippen molar-refractivity contribution in [2.45, 2.75) is 117 Å². The molecule has 0 bridgehead atoms. The number of aldehydes is 1. The molecule has 1 aliphatic heterocycles. The van der Waals surface area contributed by atoms with Crippen LogP contribution < -0.4 is 11.1 Å². The Balaban J connectivity index is 0. The molecule has 0 saturated carbocycles. The van der Waals surface area contributed by atoms with Crippen molar-refractivity contribution >= 4 is 36.3 Å². The summed E-state index contributed by atoms with van der Waals surface area (Å²) in [5.74, 6) is -0.520. The minimum Gasteiger partial charge on any atom is -0.481 e. The van der Waals surface area contributed by atoms with Crippen LogP contribution in [0.3, 0.4) is 0 Å². The van der Waals surface area contributed by atoms with E-state index in [0.717, 1.165) is 63.6 Å². The second kappa shape index (κ2) is 29.2. The van der Waals surface area contributed by atoms with Gasteiger partial charge in [-0.05, 0) is 56.8 Å². The van der Waals surface area contributed by atoms with Crippen molar-refractivity contribution in [1.29, 1.82) is 0 Å². The van der Waals surface area contributed by atoms with Gasteiger partial charge >= 0.3 is 5.97 Å². The fraction of sp³-hybridized carbons (Fsp3) is 0.639. The summed E-state index contributed by atoms with van der Waals surface area (Å²) in [5, 5.41) is 20.8. The van der Waals surface area contributed by atoms with Gasteiger partial charge < -0.3 is 35.8 Å². The number of likely N-dealkylation sites (tertiary alicyclic amines) is 1. The van der Waals surface area contributed by atoms with E-state index in [2.05, 4.69) is 61.1 Å². The maximum Gasteiger partial charge on any atom is 0.303 e. The van der Waals surface area contributed by atoms with Gasteiger partial charge in [-0.1, -0.05) is 83.6 Å². The topological polar surface area (TPSA) is 163 Å². The molecule has 0 radical (unpaired) electrons. The number of benzene rings is 1. The number of nitrogens with two attached hydrogens (primary N) is 1. The Labute approximate surface area is 287 Å². The lowest BCUT2D eigenvalue weighted by Crippen LogP contribution is -2.32. The predicted octanol–water partition coefficient (Wildman–Crippen LogP) is 6.41. The number of aliphatic hydroxyl groups excluding tert-OH is 1. The number of aliphatic hydroxyl groups is 1. The third kappa shape index (κ3) is 24.8. The summed E-state index contributed by atoms with van der Waals surface area (Å²) in [6.45, 7) is 12.4. The van der Waals surface area contributed by atoms with Gasteiger partial charge in [0.05, 0.1) is 22.2 Å². The van der Waals surface area contributed by atoms with Crippen LogP contribution in [0.4, 0.5) is 0 Å². The van der Waals surface area contributed by atoms with Crippen molar-refractivity contribution in [2.75, 3.05) is 27.2 Å². The number of nitrogens with zero attached hydrogens (tertiary/aromatic N) is 2. The Morgan fingerprint density at radius 3 is 2.02 bits per heavy atom. The van der Waals surface area contributed by atoms with E-state index in [1.807, 2.05) is 26.3 Å². The number of carboxylic acids is 1. The van der Waals surface area contributed by atoms with Gasteiger partial charge in [-0.15, -0.1) is 11.3 Å². The van der Waals surface area contributed by atoms with Gasteiger partial charge in [0.25, 0.3) is 0 Å². The highest BCUT2D eigenvalue weighted by Gasteiger charge is 2.27. The molecule has 11 heteroatoms. The number of carboxylic acid groups (broad SMARTS) is 1. The lowest BCUT2D eigenvalue weighted by molar-refractivity contribution is -0.137. The molecule has 0 aliphatic carbocycles. The molecule has 10 nitrogen and oxygen atoms in total. The second-order valence-electron chi connectivity index (χ2n) is 12.4. The molecule has 47 heavy (non-hydrogen) atoms. The number of rotatable bonds is 15. The molecule has 1 aromatic carbocycles. The number of nitrogens with one attached hydrogen (secondary N) is 1. The monoisotopic (exact) mass is 678 g/mol. The quantitative estimate of drug-likeness (QED) is 0.123. The molecule has 2 aromatic rings. The zero-order valence-corrected chi connectivity index (χ0v) is 30.6. The van der Waals surface area contributed by atoms with Crippen LogP contribution in [-0.4, -0.2) is 78.3 Å². The SMILES string of the molecule is C=O.CC(C)(C)CC(=O)N1CCC(O)C1.CN.CNCc1ccc(-c2scnc2C)cc1.O=CCCCCCCCCCCC(=O)O. The van der Waals surface area contributed by atoms with Crippen LogP contribution in [0, 0.1) is 12.3 Å². The Bertz CT molecular complexity index is 1070. The van der Waals surface area contributed by atoms with E-state index in [1.54, 1.807) is 16.2 Å². The van der Waals surface area contributed by atoms with E-state index >= 15 is 0 Å². The van der Waals surface area contributed by atoms with Gasteiger partial charge in [-0.3, -0.25) is 9.59 Å². The van der Waals surface area contributed by atoms with E-state index in [0.29, 0.717) is 25.8 Å². The lowest BCUT2D eigenvalue weighted by Gasteiger charge is -2.22. The number of hydrogen-bond donors (Lipinski definition) is 4. The van der Waals surface area contributed by atoms with E-state index < -0.39 is 5.97 Å². The van der Waals surface area contributed by atoms with Crippen molar-refractivity contribution in [2.24, 2.45) is 11.1 Å². The maximum atomic E-state index is 11.6. The summed E-state index contributed by atoms with van der Waals surface area (Å²) in [5.41, 5.74) is 10.1. The molecular weight excluding hydrogens is 616 g/mol. The van der Waals surface area contributed by atoms with Crippen molar-refractivity contribution in [3.8, 4) is 10.4 Å². The summed E-state index contributed by atoms with van der Waals surface area (Å²) in [4.78, 5) is 47.1. The third-order valence-electron chi connectivity index (χ3n) is 7.00. The zero-order valence-electron chi connectivity index (χ0n) is 29.8. The molecule has 1 atom stereocenters. The number of aromatic nitrogens is 1. The normalized spacial score (nSPS) is 13.4. The third-order valence-corrected chi connectivity index (χ3v) is 7.98. The number of hydrogen-bond acceptors (Lipinski definition) is 9. The van der Waals surface area contributed by atoms with Crippen LogP contribution >= 0.6 is 11.3 Å². The molecule has 268 valence electrons. The van der Waals surface area contributed by atoms with Crippen LogP contribution in [0.1, 0.15) is 109 Å². The highest BCUT2D eigenvalue weighted by Crippen LogP contribution is 2.27. The first kappa shape index (κ1) is 46.1. The van der Waals surface area contributed by atoms with Crippen LogP contribution in [0.25, 0.3) is 10.4 Å². The molecule has 1 unspecified atom stereocenters. The molecule has 1 aliphatic rings. The number of carbonyl (C=O) groups is 4. The van der Waals surface area contributed by atoms with Crippen molar-refractivity contribution in [1.82, 2.24) is 15.2 Å². The summed E-state index contributed by atoms with van der Waals surface area (Å²) in [6.07, 6.45) is 11.7. The number of unbranched alkanes of at least 4 members (excludes halogenated alkanes) is 8. The molecule has 0 spiro atoms. The van der Waals surface area contributed by atoms with E-state index in [-0.39, 0.29) is 17.4 Å². The average molecular weight is 679 g/mol. The van der Waals surface area contributed by atoms with Crippen molar-refractivity contribution < 1.29 is 29.4 Å². The fourth-order valence-corrected chi connectivity index (χ4v) is 5.47. The fourth-order valence-electron chi connectivity index (χ4n) is 4.66. The van der Waals surface area contributed by atoms with Crippen molar-refractivity contribution in [3.05, 3.63) is 41.0 Å². The molecule has 3 rings (SSSR count). The molecule has 5 N–H and O–H groups in total. The maximum absolute atomic E-state index is 11.6. The Kier molecular flexibility index (Phi) is 28.6. The number of thiazole rings is 1. The average Bonchev–Trinajstić information content (AvgIpc) is 3.68. The standard InChI is InChI=1S/C12H14N2S.C12H22O3.C10H19NO2.CH5N.CH2O/c1-9-12(15-8-14-9)11-5-3-10(4-6-11)7-13-2;13-11-9-7-5-3-1-2-4-6-8-10-12(14)15;1-10(2,3)6-9(13)11-5-4-8(12)7-11;2*1-2/h3-6,8,13H,7H2,1-2H3;11H,1-10H2,(H,14,15);8,12H,4-7H2,1-3H3;2H2,1H3;1H2. The Morgan fingerprint density at radius 1 is 1.04 bits per heavy atom. The van der Waals surface area contributed by atoms with Gasteiger partial charge in [0.15, 0.2) is 0 Å². The highest BCUT2D eigenvalue weighted by atomic mass is 32.1. The molecule has 1 fully saturated rings. The number of aliphatic carboxylic acids is 1. The van der Waals surface area contributed by atoms with Gasteiger partial charge in [0.2, 0.25) is 5.91 Å². The first-order chi connectivity index (χ1) is 22.5. The first-order valence-electron chi connectivity index (χ1n) is 16.6. The van der Waals surface area contributed by atoms with Gasteiger partial charge in [-0.2, -0.15) is 0 Å². The minimum atomic E-state index is -0.691. The summed E-state index contributed by atoms with van der Waals surface area (Å²) >= 11 is 1.70. The number of carbonyl (C=O) groups excluding carboxylic acids is 3. The van der Waals surface area contributed by atoms with Crippen LogP contribution in [0.15, 0.2) is 29.8 Å². The first-order valence-corrected chi connectivity index (χ1v) is 17.5. The van der Waals surface area contributed by atoms with Crippen LogP contribution in [0.5, 0.6) is 0 Å². The minimum absolute atomic E-state index is 0.0463. The predicted molar refractivity (Wildman–Crippen MR) is 193 cm³/mol. The van der Waals surface area contributed by atoms with Crippen molar-refractivity contribution in [3.63, 3.8) is 0 Å². The second-order valence-corrected chi connectivity index (χ2v) is 13.3. The molecule has 1 saturated heterocycles. The lowest BCUT2D eigenvalue weighted by atomic mass is 9.92. The number of β-amino-alcohol motifs (C(OH)–C–C–N with tert-alkyl or cyclic N) is 1. The van der Waals surface area contributed by atoms with Gasteiger partial charge in [0.1, 0.15) is 13.1 Å². The highest BCUT2D eigenvalue weighted by molar-refractivity contribution is 7.13. The van der Waals surface area contributed by atoms with E-state index in [1.165, 1.54) is 42.3 Å². The van der Waals surface area contributed by atoms with Crippen LogP contribution in [0.2, 0.25) is 0 Å². The van der Waals surface area contributed by atoms with Gasteiger partial charge in [-0.25, -0.2) is 4.98 Å².